The predicted octanol–water partition coefficient (Wildman–Crippen LogP) is 4.84. The van der Waals surface area contributed by atoms with Crippen molar-refractivity contribution in [3.63, 3.8) is 0 Å². The van der Waals surface area contributed by atoms with Gasteiger partial charge in [-0.15, -0.1) is 0 Å². The summed E-state index contributed by atoms with van der Waals surface area (Å²) < 4.78 is 13.5. The van der Waals surface area contributed by atoms with Crippen LogP contribution in [0, 0.1) is 11.7 Å². The fourth-order valence-corrected chi connectivity index (χ4v) is 4.60. The van der Waals surface area contributed by atoms with Gasteiger partial charge in [0.15, 0.2) is 0 Å². The van der Waals surface area contributed by atoms with Gasteiger partial charge < -0.3 is 14.9 Å². The quantitative estimate of drug-likeness (QED) is 0.578. The monoisotopic (exact) mass is 469 g/mol. The molecule has 1 fully saturated rings. The first-order valence-corrected chi connectivity index (χ1v) is 11.2. The zero-order chi connectivity index (χ0) is 23.7. The Morgan fingerprint density at radius 2 is 2.00 bits per heavy atom. The van der Waals surface area contributed by atoms with Gasteiger partial charge in [0, 0.05) is 43.0 Å². The Bertz CT molecular complexity index is 1220. The van der Waals surface area contributed by atoms with Gasteiger partial charge in [0.05, 0.1) is 16.5 Å². The fourth-order valence-electron chi connectivity index (χ4n) is 4.33. The molecule has 0 unspecified atom stereocenters. The van der Waals surface area contributed by atoms with Crippen LogP contribution in [0.3, 0.4) is 0 Å². The maximum atomic E-state index is 13.5. The van der Waals surface area contributed by atoms with E-state index >= 15 is 0 Å². The van der Waals surface area contributed by atoms with E-state index in [1.54, 1.807) is 17.2 Å². The van der Waals surface area contributed by atoms with E-state index in [0.29, 0.717) is 30.0 Å². The minimum atomic E-state index is -0.855. The number of halogens is 2. The molecule has 8 heteroatoms. The lowest BCUT2D eigenvalue weighted by molar-refractivity contribution is -0.145. The van der Waals surface area contributed by atoms with Crippen molar-refractivity contribution in [1.29, 1.82) is 0 Å². The van der Waals surface area contributed by atoms with E-state index in [9.17, 15) is 19.1 Å². The lowest BCUT2D eigenvalue weighted by Crippen LogP contribution is -2.50. The number of piperidine rings is 1. The molecule has 3 aromatic rings. The van der Waals surface area contributed by atoms with Crippen LogP contribution in [-0.2, 0) is 9.59 Å². The first kappa shape index (κ1) is 23.0. The maximum Gasteiger partial charge on any atom is 0.308 e. The van der Waals surface area contributed by atoms with Crippen molar-refractivity contribution in [2.45, 2.75) is 25.8 Å². The molecule has 1 aromatic heterocycles. The number of hydrogen-bond donors (Lipinski definition) is 1. The van der Waals surface area contributed by atoms with E-state index in [2.05, 4.69) is 4.98 Å². The zero-order valence-corrected chi connectivity index (χ0v) is 19.2. The third-order valence-corrected chi connectivity index (χ3v) is 6.69. The van der Waals surface area contributed by atoms with Gasteiger partial charge in [0.1, 0.15) is 11.9 Å². The summed E-state index contributed by atoms with van der Waals surface area (Å²) in [4.78, 5) is 32.4. The first-order valence-electron chi connectivity index (χ1n) is 10.8. The topological polar surface area (TPSA) is 73.7 Å². The highest BCUT2D eigenvalue weighted by Crippen LogP contribution is 2.34. The summed E-state index contributed by atoms with van der Waals surface area (Å²) in [6.45, 7) is 2.63. The van der Waals surface area contributed by atoms with Crippen LogP contribution in [0.2, 0.25) is 5.02 Å². The average Bonchev–Trinajstić information content (AvgIpc) is 2.82. The van der Waals surface area contributed by atoms with Crippen LogP contribution < -0.4 is 4.90 Å². The van der Waals surface area contributed by atoms with Crippen LogP contribution >= 0.6 is 11.6 Å². The molecule has 0 aliphatic carbocycles. The van der Waals surface area contributed by atoms with E-state index in [0.717, 1.165) is 22.2 Å². The number of carboxylic acid groups (broad SMARTS) is 1. The van der Waals surface area contributed by atoms with Gasteiger partial charge in [0.2, 0.25) is 5.91 Å². The maximum absolute atomic E-state index is 13.5. The minimum Gasteiger partial charge on any atom is -0.481 e. The Labute approximate surface area is 196 Å². The number of fused-ring (bicyclic) bond motifs is 1. The Balaban J connectivity index is 1.59. The average molecular weight is 470 g/mol. The Morgan fingerprint density at radius 3 is 2.73 bits per heavy atom. The van der Waals surface area contributed by atoms with Crippen LogP contribution in [0.5, 0.6) is 0 Å². The molecule has 1 aliphatic heterocycles. The summed E-state index contributed by atoms with van der Waals surface area (Å²) in [6.07, 6.45) is 2.96. The molecule has 2 heterocycles. The van der Waals surface area contributed by atoms with E-state index in [1.807, 2.05) is 43.1 Å². The SMILES string of the molecule is C[C@H](C(=O)N1CCC[C@H](C(=O)O)C1)N(C)c1ccc2c(-c3ccc(F)cc3Cl)ccnc2c1. The van der Waals surface area contributed by atoms with Gasteiger partial charge in [-0.1, -0.05) is 17.7 Å². The Morgan fingerprint density at radius 1 is 1.21 bits per heavy atom. The van der Waals surface area contributed by atoms with E-state index in [1.165, 1.54) is 12.1 Å². The molecule has 1 saturated heterocycles. The molecule has 33 heavy (non-hydrogen) atoms. The van der Waals surface area contributed by atoms with Crippen molar-refractivity contribution in [2.24, 2.45) is 5.92 Å². The summed E-state index contributed by atoms with van der Waals surface area (Å²) in [5, 5.41) is 10.5. The highest BCUT2D eigenvalue weighted by molar-refractivity contribution is 6.33. The lowest BCUT2D eigenvalue weighted by atomic mass is 9.97. The lowest BCUT2D eigenvalue weighted by Gasteiger charge is -2.35. The molecular formula is C25H25ClFN3O3. The molecule has 172 valence electrons. The summed E-state index contributed by atoms with van der Waals surface area (Å²) in [5.41, 5.74) is 3.09. The standard InChI is InChI=1S/C25H25ClFN3O3/c1-15(24(31)30-11-3-4-16(14-30)25(32)33)29(2)18-6-8-21-19(9-10-28-23(21)13-18)20-7-5-17(27)12-22(20)26/h5-10,12-13,15-16H,3-4,11,14H2,1-2H3,(H,32,33)/t15-,16+/m1/s1. The predicted molar refractivity (Wildman–Crippen MR) is 127 cm³/mol. The number of carboxylic acids is 1. The molecule has 1 N–H and O–H groups in total. The van der Waals surface area contributed by atoms with Crippen molar-refractivity contribution in [2.75, 3.05) is 25.0 Å². The van der Waals surface area contributed by atoms with Crippen molar-refractivity contribution >= 4 is 40.1 Å². The number of hydrogen-bond acceptors (Lipinski definition) is 4. The number of pyridine rings is 1. The van der Waals surface area contributed by atoms with Crippen LogP contribution in [0.25, 0.3) is 22.0 Å². The molecule has 0 radical (unpaired) electrons. The summed E-state index contributed by atoms with van der Waals surface area (Å²) in [6, 6.07) is 11.4. The first-order chi connectivity index (χ1) is 15.8. The number of nitrogens with zero attached hydrogens (tertiary/aromatic N) is 3. The van der Waals surface area contributed by atoms with Crippen molar-refractivity contribution in [3.05, 3.63) is 59.5 Å². The molecule has 0 saturated carbocycles. The van der Waals surface area contributed by atoms with Gasteiger partial charge in [-0.05, 0) is 61.7 Å². The van der Waals surface area contributed by atoms with E-state index in [4.69, 9.17) is 11.6 Å². The van der Waals surface area contributed by atoms with Crippen molar-refractivity contribution in [1.82, 2.24) is 9.88 Å². The molecular weight excluding hydrogens is 445 g/mol. The molecule has 1 amide bonds. The third kappa shape index (κ3) is 4.64. The number of likely N-dealkylation sites (tertiary alicyclic amines) is 1. The van der Waals surface area contributed by atoms with Crippen LogP contribution in [0.4, 0.5) is 10.1 Å². The van der Waals surface area contributed by atoms with E-state index < -0.39 is 23.7 Å². The number of aromatic nitrogens is 1. The Kier molecular flexibility index (Phi) is 6.51. The second-order valence-corrected chi connectivity index (χ2v) is 8.84. The molecule has 0 spiro atoms. The zero-order valence-electron chi connectivity index (χ0n) is 18.5. The molecule has 2 atom stereocenters. The smallest absolute Gasteiger partial charge is 0.308 e. The molecule has 6 nitrogen and oxygen atoms in total. The van der Waals surface area contributed by atoms with Gasteiger partial charge >= 0.3 is 5.97 Å². The third-order valence-electron chi connectivity index (χ3n) is 6.38. The molecule has 0 bridgehead atoms. The molecule has 1 aliphatic rings. The Hall–Kier alpha value is -3.19. The van der Waals surface area contributed by atoms with Gasteiger partial charge in [-0.2, -0.15) is 0 Å². The number of likely N-dealkylation sites (N-methyl/N-ethyl adjacent to an activating group) is 1. The number of aliphatic carboxylic acids is 1. The number of carbonyl (C=O) groups is 2. The highest BCUT2D eigenvalue weighted by Gasteiger charge is 2.31. The number of rotatable bonds is 5. The van der Waals surface area contributed by atoms with Gasteiger partial charge in [-0.25, -0.2) is 4.39 Å². The highest BCUT2D eigenvalue weighted by atomic mass is 35.5. The summed E-state index contributed by atoms with van der Waals surface area (Å²) in [7, 11) is 1.84. The van der Waals surface area contributed by atoms with Crippen LogP contribution in [-0.4, -0.2) is 53.0 Å². The molecule has 2 aromatic carbocycles. The minimum absolute atomic E-state index is 0.0941. The largest absolute Gasteiger partial charge is 0.481 e. The number of benzene rings is 2. The molecule has 4 rings (SSSR count). The normalized spacial score (nSPS) is 17.1. The van der Waals surface area contributed by atoms with Crippen molar-refractivity contribution in [3.8, 4) is 11.1 Å². The summed E-state index contributed by atoms with van der Waals surface area (Å²) >= 11 is 6.28. The second kappa shape index (κ2) is 9.35. The van der Waals surface area contributed by atoms with Gasteiger partial charge in [-0.3, -0.25) is 14.6 Å². The summed E-state index contributed by atoms with van der Waals surface area (Å²) in [5.74, 6) is -1.86. The number of anilines is 1. The number of amides is 1. The van der Waals surface area contributed by atoms with Crippen LogP contribution in [0.1, 0.15) is 19.8 Å². The van der Waals surface area contributed by atoms with Crippen molar-refractivity contribution < 1.29 is 19.1 Å². The van der Waals surface area contributed by atoms with Crippen LogP contribution in [0.15, 0.2) is 48.7 Å². The fraction of sp³-hybridized carbons (Fsp3) is 0.320. The van der Waals surface area contributed by atoms with E-state index in [-0.39, 0.29) is 12.5 Å². The second-order valence-electron chi connectivity index (χ2n) is 8.43. The van der Waals surface area contributed by atoms with Gasteiger partial charge in [0.25, 0.3) is 0 Å². The number of carbonyl (C=O) groups excluding carboxylic acids is 1.